The quantitative estimate of drug-likeness (QED) is 0.142. The van der Waals surface area contributed by atoms with Crippen LogP contribution in [0.4, 0.5) is 0 Å². The van der Waals surface area contributed by atoms with Crippen molar-refractivity contribution >= 4 is 0 Å². The molecule has 0 aromatic heterocycles. The lowest BCUT2D eigenvalue weighted by Gasteiger charge is -2.36. The van der Waals surface area contributed by atoms with Crippen molar-refractivity contribution in [2.24, 2.45) is 0 Å². The molecule has 14 aromatic rings. The maximum atomic E-state index is 2.64. The fraction of sp³-hybridized carbons (Fsp3) is 0.143. The molecule has 14 aromatic carbocycles. The summed E-state index contributed by atoms with van der Waals surface area (Å²) in [5.74, 6) is 0. The second kappa shape index (κ2) is 20.8. The minimum absolute atomic E-state index is 0.203. The van der Waals surface area contributed by atoms with Gasteiger partial charge in [0.1, 0.15) is 0 Å². The molecule has 0 heterocycles. The molecular weight excluding hydrogens is 1180 g/mol. The molecule has 5 aliphatic rings. The number of benzene rings is 14. The normalized spacial score (nSPS) is 15.6. The van der Waals surface area contributed by atoms with E-state index in [4.69, 9.17) is 0 Å². The van der Waals surface area contributed by atoms with E-state index in [-0.39, 0.29) is 21.7 Å². The van der Waals surface area contributed by atoms with E-state index in [1.54, 1.807) is 0 Å². The molecule has 0 fully saturated rings. The Kier molecular flexibility index (Phi) is 12.4. The Labute approximate surface area is 577 Å². The number of hydrogen-bond acceptors (Lipinski definition) is 0. The Morgan fingerprint density at radius 1 is 0.173 bits per heavy atom. The summed E-state index contributed by atoms with van der Waals surface area (Å²) in [5, 5.41) is 0. The SMILES string of the molecule is Cc1cccc2c1-c1c(-c3cccc(-c4ccccc4)c3)cccc1C2(c1cc(-c2cccc3c2-c2ccccc2C3(C)C)cc(-c2cccc3c2-c2ccccc2C3(C)C)c1)c1cc(-c2cccc3c2-c2ccccc2C3(C)C)cc(-c2cccc3c2-c2ccccc2C3(C)C)c1. The topological polar surface area (TPSA) is 0 Å². The molecule has 0 aliphatic heterocycles. The van der Waals surface area contributed by atoms with Crippen LogP contribution in [0.2, 0.25) is 0 Å². The average molecular weight is 1250 g/mol. The first kappa shape index (κ1) is 58.4. The van der Waals surface area contributed by atoms with Crippen LogP contribution in [0.1, 0.15) is 128 Å². The molecule has 19 rings (SSSR count). The zero-order valence-electron chi connectivity index (χ0n) is 57.3. The lowest BCUT2D eigenvalue weighted by atomic mass is 9.65. The van der Waals surface area contributed by atoms with Crippen molar-refractivity contribution in [3.63, 3.8) is 0 Å². The maximum Gasteiger partial charge on any atom is 0.0714 e. The summed E-state index contributed by atoms with van der Waals surface area (Å²) in [6.07, 6.45) is 0. The number of fused-ring (bicyclic) bond motifs is 15. The van der Waals surface area contributed by atoms with Gasteiger partial charge in [0.15, 0.2) is 0 Å². The lowest BCUT2D eigenvalue weighted by Crippen LogP contribution is -2.29. The first-order valence-corrected chi connectivity index (χ1v) is 35.2. The summed E-state index contributed by atoms with van der Waals surface area (Å²) in [4.78, 5) is 0. The van der Waals surface area contributed by atoms with Crippen molar-refractivity contribution in [2.75, 3.05) is 0 Å². The molecule has 5 aliphatic carbocycles. The Balaban J connectivity index is 0.993. The molecule has 0 atom stereocenters. The van der Waals surface area contributed by atoms with E-state index >= 15 is 0 Å². The maximum absolute atomic E-state index is 2.64. The van der Waals surface area contributed by atoms with Crippen molar-refractivity contribution < 1.29 is 0 Å². The van der Waals surface area contributed by atoms with Crippen LogP contribution in [-0.4, -0.2) is 0 Å². The zero-order valence-corrected chi connectivity index (χ0v) is 57.3. The highest BCUT2D eigenvalue weighted by atomic mass is 14.5. The van der Waals surface area contributed by atoms with Gasteiger partial charge in [-0.3, -0.25) is 0 Å². The van der Waals surface area contributed by atoms with E-state index in [0.29, 0.717) is 0 Å². The number of rotatable bonds is 8. The molecular formula is C98H76. The molecule has 0 unspecified atom stereocenters. The predicted octanol–water partition coefficient (Wildman–Crippen LogP) is 25.6. The van der Waals surface area contributed by atoms with Crippen LogP contribution < -0.4 is 0 Å². The Morgan fingerprint density at radius 2 is 0.429 bits per heavy atom. The first-order chi connectivity index (χ1) is 47.6. The Hall–Kier alpha value is -10.9. The van der Waals surface area contributed by atoms with E-state index < -0.39 is 5.41 Å². The molecule has 0 saturated carbocycles. The van der Waals surface area contributed by atoms with Crippen LogP contribution in [0.15, 0.2) is 297 Å². The van der Waals surface area contributed by atoms with Crippen molar-refractivity contribution in [2.45, 2.75) is 89.4 Å². The molecule has 0 nitrogen and oxygen atoms in total. The average Bonchev–Trinajstić information content (AvgIpc) is 1.49. The largest absolute Gasteiger partial charge is 0.0714 e. The highest BCUT2D eigenvalue weighted by molar-refractivity contribution is 6.03. The summed E-state index contributed by atoms with van der Waals surface area (Å²) in [6.45, 7) is 21.7. The fourth-order valence-electron chi connectivity index (χ4n) is 19.4. The molecule has 0 amide bonds. The van der Waals surface area contributed by atoms with Gasteiger partial charge in [-0.15, -0.1) is 0 Å². The third kappa shape index (κ3) is 7.95. The second-order valence-electron chi connectivity index (χ2n) is 30.6. The van der Waals surface area contributed by atoms with Crippen molar-refractivity contribution in [3.05, 3.63) is 370 Å². The molecule has 468 valence electrons. The summed E-state index contributed by atoms with van der Waals surface area (Å²) >= 11 is 0. The van der Waals surface area contributed by atoms with E-state index in [9.17, 15) is 0 Å². The minimum Gasteiger partial charge on any atom is -0.0622 e. The summed E-state index contributed by atoms with van der Waals surface area (Å²) in [7, 11) is 0. The Morgan fingerprint density at radius 3 is 0.806 bits per heavy atom. The van der Waals surface area contributed by atoms with Gasteiger partial charge in [0.05, 0.1) is 5.41 Å². The van der Waals surface area contributed by atoms with Crippen molar-refractivity contribution in [3.8, 4) is 122 Å². The van der Waals surface area contributed by atoms with Gasteiger partial charge in [-0.25, -0.2) is 0 Å². The van der Waals surface area contributed by atoms with Gasteiger partial charge in [0.25, 0.3) is 0 Å². The van der Waals surface area contributed by atoms with Crippen LogP contribution in [-0.2, 0) is 27.1 Å². The van der Waals surface area contributed by atoms with Gasteiger partial charge in [-0.2, -0.15) is 0 Å². The summed E-state index contributed by atoms with van der Waals surface area (Å²) < 4.78 is 0. The Bertz CT molecular complexity index is 5240. The van der Waals surface area contributed by atoms with E-state index in [1.807, 2.05) is 0 Å². The molecule has 98 heavy (non-hydrogen) atoms. The predicted molar refractivity (Wildman–Crippen MR) is 411 cm³/mol. The van der Waals surface area contributed by atoms with Gasteiger partial charge in [0, 0.05) is 21.7 Å². The van der Waals surface area contributed by atoms with Gasteiger partial charge in [-0.1, -0.05) is 310 Å². The highest BCUT2D eigenvalue weighted by Gasteiger charge is 2.50. The second-order valence-corrected chi connectivity index (χ2v) is 30.6. The van der Waals surface area contributed by atoms with Crippen LogP contribution in [0, 0.1) is 6.92 Å². The van der Waals surface area contributed by atoms with Crippen LogP contribution in [0.5, 0.6) is 0 Å². The van der Waals surface area contributed by atoms with E-state index in [0.717, 1.165) is 0 Å². The smallest absolute Gasteiger partial charge is 0.0622 e. The van der Waals surface area contributed by atoms with Gasteiger partial charge >= 0.3 is 0 Å². The number of hydrogen-bond donors (Lipinski definition) is 0. The van der Waals surface area contributed by atoms with Gasteiger partial charge < -0.3 is 0 Å². The standard InChI is InChI=1S/C98H76/c1-59-28-21-50-86-88(59)93-69(62-32-22-31-61(52-62)60-29-11-10-12-30-60)37-27-51-87(93)98(86,67-55-63(70-38-23-46-82-89(70)74-33-13-17-42-78(74)94(82,2)3)53-64(56-67)71-39-24-47-83-90(71)75-34-14-18-43-79(75)95(83,4)5)68-57-65(72-40-25-48-84-91(72)76-35-15-19-44-80(76)96(84,6)7)54-66(58-68)73-41-26-49-85-92(73)77-36-16-20-45-81(77)97(85,8)9/h10-58H,1-9H3. The summed E-state index contributed by atoms with van der Waals surface area (Å²) in [5.41, 5.74) is 43.2. The monoisotopic (exact) mass is 1250 g/mol. The fourth-order valence-corrected chi connectivity index (χ4v) is 19.4. The van der Waals surface area contributed by atoms with E-state index in [1.165, 1.54) is 195 Å². The molecule has 0 radical (unpaired) electrons. The first-order valence-electron chi connectivity index (χ1n) is 35.2. The molecule has 0 heteroatoms. The third-order valence-electron chi connectivity index (χ3n) is 24.1. The molecule has 0 spiro atoms. The van der Waals surface area contributed by atoms with Crippen LogP contribution >= 0.6 is 0 Å². The highest BCUT2D eigenvalue weighted by Crippen LogP contribution is 2.64. The minimum atomic E-state index is -0.923. The van der Waals surface area contributed by atoms with Gasteiger partial charge in [-0.05, 0) is 244 Å². The third-order valence-corrected chi connectivity index (χ3v) is 24.1. The van der Waals surface area contributed by atoms with Crippen LogP contribution in [0.3, 0.4) is 0 Å². The lowest BCUT2D eigenvalue weighted by molar-refractivity contribution is 0.660. The summed E-state index contributed by atoms with van der Waals surface area (Å²) in [6, 6.07) is 116. The molecule has 0 N–H and O–H groups in total. The van der Waals surface area contributed by atoms with E-state index in [2.05, 4.69) is 360 Å². The molecule has 0 bridgehead atoms. The van der Waals surface area contributed by atoms with Crippen molar-refractivity contribution in [1.29, 1.82) is 0 Å². The zero-order chi connectivity index (χ0) is 66.4. The van der Waals surface area contributed by atoms with Gasteiger partial charge in [0.2, 0.25) is 0 Å². The number of aryl methyl sites for hydroxylation is 1. The van der Waals surface area contributed by atoms with Crippen molar-refractivity contribution in [1.82, 2.24) is 0 Å². The molecule has 0 saturated heterocycles. The van der Waals surface area contributed by atoms with Crippen LogP contribution in [0.25, 0.3) is 122 Å².